The Balaban J connectivity index is 1.89. The van der Waals surface area contributed by atoms with Crippen LogP contribution in [0.3, 0.4) is 0 Å². The number of hydrogen-bond donors (Lipinski definition) is 0. The standard InChI is InChI=1S/C13H23/c1-2-3-4-5-7-10-13-11-8-6-9-12-13/h2H,1,3-12H2. The van der Waals surface area contributed by atoms with E-state index in [4.69, 9.17) is 0 Å². The maximum Gasteiger partial charge on any atom is -0.0241 e. The maximum absolute atomic E-state index is 3.74. The first-order valence-corrected chi connectivity index (χ1v) is 5.88. The Bertz CT molecular complexity index is 120. The molecule has 13 heavy (non-hydrogen) atoms. The van der Waals surface area contributed by atoms with Crippen LogP contribution in [0.1, 0.15) is 64.2 Å². The number of hydrogen-bond acceptors (Lipinski definition) is 0. The van der Waals surface area contributed by atoms with E-state index in [-0.39, 0.29) is 0 Å². The van der Waals surface area contributed by atoms with Crippen LogP contribution in [0.2, 0.25) is 0 Å². The zero-order valence-corrected chi connectivity index (χ0v) is 8.86. The fourth-order valence-corrected chi connectivity index (χ4v) is 2.14. The van der Waals surface area contributed by atoms with Gasteiger partial charge >= 0.3 is 0 Å². The minimum absolute atomic E-state index is 1.20. The van der Waals surface area contributed by atoms with Crippen molar-refractivity contribution in [2.24, 2.45) is 0 Å². The van der Waals surface area contributed by atoms with Gasteiger partial charge in [-0.2, -0.15) is 0 Å². The van der Waals surface area contributed by atoms with Crippen LogP contribution in [-0.4, -0.2) is 0 Å². The lowest BCUT2D eigenvalue weighted by molar-refractivity contribution is 0.490. The summed E-state index contributed by atoms with van der Waals surface area (Å²) >= 11 is 0. The van der Waals surface area contributed by atoms with Gasteiger partial charge in [-0.1, -0.05) is 38.2 Å². The molecule has 1 aliphatic rings. The van der Waals surface area contributed by atoms with Gasteiger partial charge in [-0.15, -0.1) is 6.58 Å². The molecule has 0 N–H and O–H groups in total. The SMILES string of the molecule is C=CCCCCC[C]1CCCCC1. The molecule has 1 saturated carbocycles. The Morgan fingerprint density at radius 2 is 1.77 bits per heavy atom. The van der Waals surface area contributed by atoms with Gasteiger partial charge < -0.3 is 0 Å². The third-order valence-corrected chi connectivity index (χ3v) is 3.00. The molecule has 75 valence electrons. The minimum Gasteiger partial charge on any atom is -0.103 e. The molecule has 0 aromatic rings. The van der Waals surface area contributed by atoms with Crippen molar-refractivity contribution in [3.8, 4) is 0 Å². The maximum atomic E-state index is 3.74. The molecule has 1 aliphatic carbocycles. The average molecular weight is 179 g/mol. The molecule has 0 amide bonds. The topological polar surface area (TPSA) is 0 Å². The van der Waals surface area contributed by atoms with Crippen LogP contribution in [0, 0.1) is 5.92 Å². The highest BCUT2D eigenvalue weighted by Crippen LogP contribution is 2.29. The molecule has 0 aromatic carbocycles. The number of unbranched alkanes of at least 4 members (excludes halogenated alkanes) is 3. The predicted octanol–water partition coefficient (Wildman–Crippen LogP) is 4.66. The summed E-state index contributed by atoms with van der Waals surface area (Å²) in [5, 5.41) is 0. The van der Waals surface area contributed by atoms with Gasteiger partial charge in [0.15, 0.2) is 0 Å². The van der Waals surface area contributed by atoms with E-state index in [1.165, 1.54) is 64.2 Å². The molecule has 0 unspecified atom stereocenters. The van der Waals surface area contributed by atoms with E-state index < -0.39 is 0 Å². The van der Waals surface area contributed by atoms with Crippen LogP contribution in [0.5, 0.6) is 0 Å². The van der Waals surface area contributed by atoms with Gasteiger partial charge in [0.2, 0.25) is 0 Å². The van der Waals surface area contributed by atoms with Crippen LogP contribution in [0.15, 0.2) is 12.7 Å². The van der Waals surface area contributed by atoms with Gasteiger partial charge in [-0.25, -0.2) is 0 Å². The smallest absolute Gasteiger partial charge is 0.0241 e. The fraction of sp³-hybridized carbons (Fsp3) is 0.769. The van der Waals surface area contributed by atoms with E-state index in [1.54, 1.807) is 0 Å². The third kappa shape index (κ3) is 5.13. The van der Waals surface area contributed by atoms with Crippen molar-refractivity contribution in [3.05, 3.63) is 18.6 Å². The molecule has 1 fully saturated rings. The minimum atomic E-state index is 1.20. The zero-order chi connectivity index (χ0) is 9.36. The number of rotatable bonds is 6. The lowest BCUT2D eigenvalue weighted by atomic mass is 9.85. The second-order valence-electron chi connectivity index (χ2n) is 4.20. The molecule has 1 radical (unpaired) electrons. The molecule has 0 nitrogen and oxygen atoms in total. The Kier molecular flexibility index (Phi) is 5.97. The van der Waals surface area contributed by atoms with Crippen molar-refractivity contribution in [1.29, 1.82) is 0 Å². The van der Waals surface area contributed by atoms with Crippen LogP contribution in [-0.2, 0) is 0 Å². The molecule has 0 bridgehead atoms. The molecular formula is C13H23. The zero-order valence-electron chi connectivity index (χ0n) is 8.86. The Morgan fingerprint density at radius 1 is 1.00 bits per heavy atom. The Labute approximate surface area is 83.4 Å². The number of allylic oxidation sites excluding steroid dienone is 1. The molecular weight excluding hydrogens is 156 g/mol. The molecule has 0 aromatic heterocycles. The first-order valence-electron chi connectivity index (χ1n) is 5.88. The van der Waals surface area contributed by atoms with E-state index in [0.29, 0.717) is 0 Å². The molecule has 0 spiro atoms. The van der Waals surface area contributed by atoms with Crippen molar-refractivity contribution >= 4 is 0 Å². The molecule has 0 aliphatic heterocycles. The Morgan fingerprint density at radius 3 is 2.46 bits per heavy atom. The third-order valence-electron chi connectivity index (χ3n) is 3.00. The summed E-state index contributed by atoms with van der Waals surface area (Å²) in [4.78, 5) is 0. The van der Waals surface area contributed by atoms with Crippen LogP contribution < -0.4 is 0 Å². The van der Waals surface area contributed by atoms with Crippen LogP contribution in [0.25, 0.3) is 0 Å². The highest BCUT2D eigenvalue weighted by Gasteiger charge is 2.12. The summed E-state index contributed by atoms with van der Waals surface area (Å²) in [6.07, 6.45) is 16.1. The van der Waals surface area contributed by atoms with Crippen molar-refractivity contribution in [2.75, 3.05) is 0 Å². The normalized spacial score (nSPS) is 18.8. The lowest BCUT2D eigenvalue weighted by Gasteiger charge is -2.20. The van der Waals surface area contributed by atoms with E-state index in [9.17, 15) is 0 Å². The summed E-state index contributed by atoms with van der Waals surface area (Å²) in [7, 11) is 0. The van der Waals surface area contributed by atoms with E-state index in [2.05, 4.69) is 6.58 Å². The van der Waals surface area contributed by atoms with Gasteiger partial charge in [-0.05, 0) is 38.0 Å². The quantitative estimate of drug-likeness (QED) is 0.411. The van der Waals surface area contributed by atoms with Crippen molar-refractivity contribution in [2.45, 2.75) is 64.2 Å². The van der Waals surface area contributed by atoms with E-state index >= 15 is 0 Å². The molecule has 0 heteroatoms. The van der Waals surface area contributed by atoms with Gasteiger partial charge in [0, 0.05) is 0 Å². The highest BCUT2D eigenvalue weighted by molar-refractivity contribution is 4.91. The first-order chi connectivity index (χ1) is 6.43. The summed E-state index contributed by atoms with van der Waals surface area (Å²) < 4.78 is 0. The predicted molar refractivity (Wildman–Crippen MR) is 59.6 cm³/mol. The van der Waals surface area contributed by atoms with Crippen molar-refractivity contribution in [1.82, 2.24) is 0 Å². The Hall–Kier alpha value is -0.260. The summed E-state index contributed by atoms with van der Waals surface area (Å²) in [5.74, 6) is 1.85. The first kappa shape index (κ1) is 10.8. The van der Waals surface area contributed by atoms with Gasteiger partial charge in [0.25, 0.3) is 0 Å². The average Bonchev–Trinajstić information content (AvgIpc) is 2.19. The van der Waals surface area contributed by atoms with E-state index in [1.807, 2.05) is 12.0 Å². The van der Waals surface area contributed by atoms with Crippen molar-refractivity contribution < 1.29 is 0 Å². The fourth-order valence-electron chi connectivity index (χ4n) is 2.14. The lowest BCUT2D eigenvalue weighted by Crippen LogP contribution is -2.03. The molecule has 1 rings (SSSR count). The molecule has 0 saturated heterocycles. The summed E-state index contributed by atoms with van der Waals surface area (Å²) in [6, 6.07) is 0. The monoisotopic (exact) mass is 179 g/mol. The molecule has 0 atom stereocenters. The summed E-state index contributed by atoms with van der Waals surface area (Å²) in [6.45, 7) is 3.74. The van der Waals surface area contributed by atoms with Crippen molar-refractivity contribution in [3.63, 3.8) is 0 Å². The van der Waals surface area contributed by atoms with Crippen LogP contribution >= 0.6 is 0 Å². The van der Waals surface area contributed by atoms with Gasteiger partial charge in [-0.3, -0.25) is 0 Å². The second-order valence-corrected chi connectivity index (χ2v) is 4.20. The largest absolute Gasteiger partial charge is 0.103 e. The molecule has 0 heterocycles. The second kappa shape index (κ2) is 7.17. The van der Waals surface area contributed by atoms with Gasteiger partial charge in [0.1, 0.15) is 0 Å². The van der Waals surface area contributed by atoms with Crippen LogP contribution in [0.4, 0.5) is 0 Å². The summed E-state index contributed by atoms with van der Waals surface area (Å²) in [5.41, 5.74) is 0. The van der Waals surface area contributed by atoms with E-state index in [0.717, 1.165) is 0 Å². The van der Waals surface area contributed by atoms with Gasteiger partial charge in [0.05, 0.1) is 0 Å². The highest BCUT2D eigenvalue weighted by atomic mass is 14.2.